The van der Waals surface area contributed by atoms with Gasteiger partial charge >= 0.3 is 0 Å². The van der Waals surface area contributed by atoms with Crippen LogP contribution in [0.15, 0.2) is 0 Å². The van der Waals surface area contributed by atoms with Crippen LogP contribution in [0.2, 0.25) is 0 Å². The Balaban J connectivity index is 2.26. The topological polar surface area (TPSA) is 58.6 Å². The normalized spacial score (nSPS) is 29.1. The van der Waals surface area contributed by atoms with Crippen LogP contribution in [-0.4, -0.2) is 55.0 Å². The highest BCUT2D eigenvalue weighted by atomic mass is 16.5. The van der Waals surface area contributed by atoms with Gasteiger partial charge in [-0.2, -0.15) is 0 Å². The van der Waals surface area contributed by atoms with Crippen molar-refractivity contribution < 1.29 is 14.3 Å². The summed E-state index contributed by atoms with van der Waals surface area (Å²) in [6.45, 7) is 3.75. The van der Waals surface area contributed by atoms with Gasteiger partial charge in [0.05, 0.1) is 0 Å². The lowest BCUT2D eigenvalue weighted by molar-refractivity contribution is -0.139. The molecule has 0 saturated carbocycles. The summed E-state index contributed by atoms with van der Waals surface area (Å²) in [7, 11) is 1.71. The van der Waals surface area contributed by atoms with Crippen LogP contribution in [0.25, 0.3) is 0 Å². The Bertz CT molecular complexity index is 310. The zero-order valence-electron chi connectivity index (χ0n) is 9.78. The zero-order valence-corrected chi connectivity index (χ0v) is 9.78. The number of likely N-dealkylation sites (N-methyl/N-ethyl adjacent to an activating group) is 1. The van der Waals surface area contributed by atoms with Crippen LogP contribution in [0, 0.1) is 0 Å². The smallest absolute Gasteiger partial charge is 0.260 e. The van der Waals surface area contributed by atoms with E-state index in [0.717, 1.165) is 13.1 Å². The third kappa shape index (κ3) is 1.46. The maximum absolute atomic E-state index is 12.3. The Hall–Kier alpha value is -0.940. The molecule has 0 aromatic rings. The maximum atomic E-state index is 12.3. The number of hydrogen-bond acceptors (Lipinski definition) is 4. The van der Waals surface area contributed by atoms with Crippen molar-refractivity contribution in [2.45, 2.75) is 31.4 Å². The van der Waals surface area contributed by atoms with Crippen LogP contribution in [0.5, 0.6) is 0 Å². The minimum Gasteiger partial charge on any atom is -0.361 e. The van der Waals surface area contributed by atoms with E-state index in [4.69, 9.17) is 4.74 Å². The third-order valence-corrected chi connectivity index (χ3v) is 3.66. The molecule has 2 aliphatic rings. The molecule has 16 heavy (non-hydrogen) atoms. The number of rotatable bonds is 2. The highest BCUT2D eigenvalue weighted by Gasteiger charge is 2.57. The van der Waals surface area contributed by atoms with Gasteiger partial charge in [0.1, 0.15) is 5.54 Å². The number of Topliss-reactive ketones (excluding diaryl/α,β-unsaturated/α-hetero) is 1. The van der Waals surface area contributed by atoms with Crippen molar-refractivity contribution in [3.63, 3.8) is 0 Å². The van der Waals surface area contributed by atoms with Gasteiger partial charge in [-0.25, -0.2) is 0 Å². The van der Waals surface area contributed by atoms with Crippen LogP contribution in [-0.2, 0) is 14.3 Å². The Kier molecular flexibility index (Phi) is 2.99. The molecule has 0 radical (unpaired) electrons. The molecule has 2 aliphatic heterocycles. The van der Waals surface area contributed by atoms with Crippen molar-refractivity contribution >= 4 is 11.7 Å². The molecule has 1 N–H and O–H groups in total. The molecule has 2 rings (SSSR count). The van der Waals surface area contributed by atoms with Gasteiger partial charge in [0.25, 0.3) is 5.91 Å². The van der Waals surface area contributed by atoms with E-state index in [9.17, 15) is 9.59 Å². The van der Waals surface area contributed by atoms with E-state index >= 15 is 0 Å². The molecule has 5 nitrogen and oxygen atoms in total. The summed E-state index contributed by atoms with van der Waals surface area (Å²) >= 11 is 0. The molecular formula is C11H18N2O3. The van der Waals surface area contributed by atoms with Crippen LogP contribution < -0.4 is 5.32 Å². The summed E-state index contributed by atoms with van der Waals surface area (Å²) in [6, 6.07) is 0. The van der Waals surface area contributed by atoms with Crippen LogP contribution >= 0.6 is 0 Å². The van der Waals surface area contributed by atoms with Gasteiger partial charge in [0.2, 0.25) is 0 Å². The number of ether oxygens (including phenoxy) is 1. The molecule has 90 valence electrons. The maximum Gasteiger partial charge on any atom is 0.260 e. The third-order valence-electron chi connectivity index (χ3n) is 3.66. The van der Waals surface area contributed by atoms with E-state index < -0.39 is 11.6 Å². The number of carbonyl (C=O) groups excluding carboxylic acids is 2. The second-order valence-corrected chi connectivity index (χ2v) is 4.38. The van der Waals surface area contributed by atoms with Gasteiger partial charge in [0.15, 0.2) is 11.9 Å². The number of carbonyl (C=O) groups is 2. The summed E-state index contributed by atoms with van der Waals surface area (Å²) in [4.78, 5) is 25.8. The summed E-state index contributed by atoms with van der Waals surface area (Å²) in [5.41, 5.74) is -0.609. The van der Waals surface area contributed by atoms with E-state index in [-0.39, 0.29) is 11.7 Å². The lowest BCUT2D eigenvalue weighted by atomic mass is 9.84. The second-order valence-electron chi connectivity index (χ2n) is 4.38. The van der Waals surface area contributed by atoms with Gasteiger partial charge in [-0.15, -0.1) is 0 Å². The average Bonchev–Trinajstić information content (AvgIpc) is 2.47. The zero-order chi connectivity index (χ0) is 11.8. The molecule has 2 saturated heterocycles. The fourth-order valence-corrected chi connectivity index (χ4v) is 2.64. The molecule has 5 heteroatoms. The Morgan fingerprint density at radius 2 is 2.06 bits per heavy atom. The van der Waals surface area contributed by atoms with Crippen LogP contribution in [0.3, 0.4) is 0 Å². The minimum absolute atomic E-state index is 0.0525. The predicted octanol–water partition coefficient (Wildman–Crippen LogP) is -0.445. The van der Waals surface area contributed by atoms with Crippen molar-refractivity contribution in [3.05, 3.63) is 0 Å². The highest BCUT2D eigenvalue weighted by molar-refractivity contribution is 6.15. The Morgan fingerprint density at radius 1 is 1.44 bits per heavy atom. The average molecular weight is 226 g/mol. The lowest BCUT2D eigenvalue weighted by Crippen LogP contribution is -2.54. The number of hydrogen-bond donors (Lipinski definition) is 1. The minimum atomic E-state index is -0.868. The number of nitrogens with zero attached hydrogens (tertiary/aromatic N) is 1. The Labute approximate surface area is 95.1 Å². The lowest BCUT2D eigenvalue weighted by Gasteiger charge is -2.37. The molecule has 1 atom stereocenters. The van der Waals surface area contributed by atoms with E-state index in [1.165, 1.54) is 0 Å². The fraction of sp³-hybridized carbons (Fsp3) is 0.818. The van der Waals surface area contributed by atoms with Crippen molar-refractivity contribution in [2.24, 2.45) is 0 Å². The SMILES string of the molecule is CCOC1C(=O)N(C)C2(CCNCC2)C1=O. The molecule has 0 aromatic heterocycles. The summed E-state index contributed by atoms with van der Waals surface area (Å²) in [5, 5.41) is 3.21. The quantitative estimate of drug-likeness (QED) is 0.648. The van der Waals surface area contributed by atoms with Gasteiger partial charge in [-0.05, 0) is 32.9 Å². The first-order valence-electron chi connectivity index (χ1n) is 5.78. The van der Waals surface area contributed by atoms with Crippen molar-refractivity contribution in [1.29, 1.82) is 0 Å². The number of ketones is 1. The van der Waals surface area contributed by atoms with Crippen molar-refractivity contribution in [2.75, 3.05) is 26.7 Å². The molecule has 0 aromatic carbocycles. The van der Waals surface area contributed by atoms with E-state index in [1.54, 1.807) is 18.9 Å². The number of amides is 1. The molecule has 2 heterocycles. The first kappa shape index (κ1) is 11.5. The Morgan fingerprint density at radius 3 is 2.62 bits per heavy atom. The molecule has 1 unspecified atom stereocenters. The first-order valence-corrected chi connectivity index (χ1v) is 5.78. The molecule has 1 spiro atoms. The molecule has 2 fully saturated rings. The summed E-state index contributed by atoms with van der Waals surface area (Å²) in [5.74, 6) is -0.239. The molecule has 0 bridgehead atoms. The van der Waals surface area contributed by atoms with Crippen LogP contribution in [0.4, 0.5) is 0 Å². The van der Waals surface area contributed by atoms with Gasteiger partial charge < -0.3 is 15.0 Å². The van der Waals surface area contributed by atoms with E-state index in [0.29, 0.717) is 19.4 Å². The second kappa shape index (κ2) is 4.14. The van der Waals surface area contributed by atoms with Crippen molar-refractivity contribution in [3.8, 4) is 0 Å². The van der Waals surface area contributed by atoms with Crippen LogP contribution in [0.1, 0.15) is 19.8 Å². The van der Waals surface area contributed by atoms with Gasteiger partial charge in [-0.1, -0.05) is 0 Å². The number of piperidine rings is 1. The fourth-order valence-electron chi connectivity index (χ4n) is 2.64. The monoisotopic (exact) mass is 226 g/mol. The largest absolute Gasteiger partial charge is 0.361 e. The highest BCUT2D eigenvalue weighted by Crippen LogP contribution is 2.34. The standard InChI is InChI=1S/C11H18N2O3/c1-3-16-8-9(14)11(13(2)10(8)15)4-6-12-7-5-11/h8,12H,3-7H2,1-2H3. The first-order chi connectivity index (χ1) is 7.63. The predicted molar refractivity (Wildman–Crippen MR) is 58.0 cm³/mol. The van der Waals surface area contributed by atoms with Gasteiger partial charge in [0, 0.05) is 13.7 Å². The van der Waals surface area contributed by atoms with Gasteiger partial charge in [-0.3, -0.25) is 9.59 Å². The van der Waals surface area contributed by atoms with E-state index in [2.05, 4.69) is 5.32 Å². The molecular weight excluding hydrogens is 208 g/mol. The molecule has 0 aliphatic carbocycles. The van der Waals surface area contributed by atoms with E-state index in [1.807, 2.05) is 0 Å². The van der Waals surface area contributed by atoms with Crippen molar-refractivity contribution in [1.82, 2.24) is 10.2 Å². The summed E-state index contributed by atoms with van der Waals surface area (Å²) in [6.07, 6.45) is 0.517. The molecule has 1 amide bonds. The summed E-state index contributed by atoms with van der Waals surface area (Å²) < 4.78 is 5.26. The number of nitrogens with one attached hydrogen (secondary N) is 1. The number of likely N-dealkylation sites (tertiary alicyclic amines) is 1.